The van der Waals surface area contributed by atoms with Crippen LogP contribution in [0.25, 0.3) is 10.8 Å². The Hall–Kier alpha value is -2.10. The van der Waals surface area contributed by atoms with Crippen LogP contribution >= 0.6 is 0 Å². The van der Waals surface area contributed by atoms with E-state index in [9.17, 15) is 4.79 Å². The third kappa shape index (κ3) is 2.04. The molecule has 2 rings (SSSR count). The molecular formula is C11H10N2O2. The molecule has 0 saturated heterocycles. The zero-order valence-corrected chi connectivity index (χ0v) is 8.01. The highest BCUT2D eigenvalue weighted by Gasteiger charge is 2.02. The summed E-state index contributed by atoms with van der Waals surface area (Å²) in [5, 5.41) is 1.90. The minimum atomic E-state index is -0.485. The van der Waals surface area contributed by atoms with E-state index in [-0.39, 0.29) is 6.61 Å². The van der Waals surface area contributed by atoms with E-state index in [0.717, 1.165) is 10.8 Å². The Labute approximate surface area is 86.7 Å². The summed E-state index contributed by atoms with van der Waals surface area (Å²) < 4.78 is 5.28. The number of aromatic nitrogens is 1. The Morgan fingerprint density at radius 2 is 2.27 bits per heavy atom. The number of benzene rings is 1. The lowest BCUT2D eigenvalue weighted by Gasteiger charge is -2.06. The largest absolute Gasteiger partial charge is 0.483 e. The van der Waals surface area contributed by atoms with E-state index in [4.69, 9.17) is 10.5 Å². The SMILES string of the molecule is NC(=O)COc1cccc2cnccc12. The monoisotopic (exact) mass is 202 g/mol. The van der Waals surface area contributed by atoms with Crippen LogP contribution in [0, 0.1) is 0 Å². The van der Waals surface area contributed by atoms with Crippen molar-refractivity contribution in [3.05, 3.63) is 36.7 Å². The third-order valence-corrected chi connectivity index (χ3v) is 2.01. The van der Waals surface area contributed by atoms with Gasteiger partial charge in [-0.1, -0.05) is 12.1 Å². The highest BCUT2D eigenvalue weighted by molar-refractivity contribution is 5.87. The number of pyridine rings is 1. The average molecular weight is 202 g/mol. The Balaban J connectivity index is 2.38. The Morgan fingerprint density at radius 1 is 1.40 bits per heavy atom. The summed E-state index contributed by atoms with van der Waals surface area (Å²) in [6.45, 7) is -0.110. The van der Waals surface area contributed by atoms with Crippen LogP contribution < -0.4 is 10.5 Å². The van der Waals surface area contributed by atoms with Gasteiger partial charge in [-0.25, -0.2) is 0 Å². The van der Waals surface area contributed by atoms with E-state index in [2.05, 4.69) is 4.98 Å². The fourth-order valence-electron chi connectivity index (χ4n) is 1.37. The van der Waals surface area contributed by atoms with E-state index in [1.54, 1.807) is 18.5 Å². The van der Waals surface area contributed by atoms with Gasteiger partial charge in [0.05, 0.1) is 0 Å². The standard InChI is InChI=1S/C11H10N2O2/c12-11(14)7-15-10-3-1-2-8-6-13-5-4-9(8)10/h1-6H,7H2,(H2,12,14). The summed E-state index contributed by atoms with van der Waals surface area (Å²) in [6.07, 6.45) is 3.42. The van der Waals surface area contributed by atoms with Crippen molar-refractivity contribution >= 4 is 16.7 Å². The van der Waals surface area contributed by atoms with Crippen molar-refractivity contribution in [2.45, 2.75) is 0 Å². The number of nitrogens with zero attached hydrogens (tertiary/aromatic N) is 1. The summed E-state index contributed by atoms with van der Waals surface area (Å²) in [4.78, 5) is 14.6. The predicted molar refractivity (Wildman–Crippen MR) is 56.4 cm³/mol. The smallest absolute Gasteiger partial charge is 0.255 e. The summed E-state index contributed by atoms with van der Waals surface area (Å²) in [7, 11) is 0. The molecule has 2 N–H and O–H groups in total. The Bertz CT molecular complexity index is 491. The van der Waals surface area contributed by atoms with Crippen LogP contribution in [-0.2, 0) is 4.79 Å². The van der Waals surface area contributed by atoms with Crippen LogP contribution in [-0.4, -0.2) is 17.5 Å². The second-order valence-corrected chi connectivity index (χ2v) is 3.11. The maximum Gasteiger partial charge on any atom is 0.255 e. The molecule has 0 unspecified atom stereocenters. The molecule has 1 aromatic carbocycles. The predicted octanol–water partition coefficient (Wildman–Crippen LogP) is 1.10. The van der Waals surface area contributed by atoms with Gasteiger partial charge in [0, 0.05) is 23.2 Å². The molecule has 0 fully saturated rings. The molecule has 4 heteroatoms. The van der Waals surface area contributed by atoms with Crippen molar-refractivity contribution in [1.29, 1.82) is 0 Å². The number of hydrogen-bond donors (Lipinski definition) is 1. The van der Waals surface area contributed by atoms with Gasteiger partial charge in [0.15, 0.2) is 6.61 Å². The van der Waals surface area contributed by atoms with Gasteiger partial charge < -0.3 is 10.5 Å². The fourth-order valence-corrected chi connectivity index (χ4v) is 1.37. The molecule has 2 aromatic rings. The first-order valence-corrected chi connectivity index (χ1v) is 4.51. The van der Waals surface area contributed by atoms with Crippen LogP contribution in [0.4, 0.5) is 0 Å². The molecule has 1 amide bonds. The van der Waals surface area contributed by atoms with Gasteiger partial charge in [-0.2, -0.15) is 0 Å². The molecule has 0 saturated carbocycles. The fraction of sp³-hybridized carbons (Fsp3) is 0.0909. The minimum Gasteiger partial charge on any atom is -0.483 e. The maximum absolute atomic E-state index is 10.6. The molecule has 0 aliphatic carbocycles. The molecule has 0 radical (unpaired) electrons. The van der Waals surface area contributed by atoms with Gasteiger partial charge in [-0.3, -0.25) is 9.78 Å². The van der Waals surface area contributed by atoms with E-state index in [0.29, 0.717) is 5.75 Å². The summed E-state index contributed by atoms with van der Waals surface area (Å²) in [5.41, 5.74) is 5.01. The molecule has 1 aromatic heterocycles. The van der Waals surface area contributed by atoms with Crippen LogP contribution in [0.5, 0.6) is 5.75 Å². The maximum atomic E-state index is 10.6. The number of hydrogen-bond acceptors (Lipinski definition) is 3. The lowest BCUT2D eigenvalue weighted by Crippen LogP contribution is -2.20. The van der Waals surface area contributed by atoms with E-state index in [1.165, 1.54) is 0 Å². The Kier molecular flexibility index (Phi) is 2.49. The van der Waals surface area contributed by atoms with Crippen LogP contribution in [0.1, 0.15) is 0 Å². The number of primary amides is 1. The molecule has 0 atom stereocenters. The third-order valence-electron chi connectivity index (χ3n) is 2.01. The number of rotatable bonds is 3. The highest BCUT2D eigenvalue weighted by Crippen LogP contribution is 2.24. The molecule has 1 heterocycles. The zero-order chi connectivity index (χ0) is 10.7. The number of nitrogens with two attached hydrogens (primary N) is 1. The van der Waals surface area contributed by atoms with Crippen molar-refractivity contribution in [3.63, 3.8) is 0 Å². The lowest BCUT2D eigenvalue weighted by molar-refractivity contribution is -0.119. The minimum absolute atomic E-state index is 0.110. The molecule has 76 valence electrons. The van der Waals surface area contributed by atoms with Crippen LogP contribution in [0.15, 0.2) is 36.7 Å². The number of carbonyl (C=O) groups excluding carboxylic acids is 1. The number of ether oxygens (including phenoxy) is 1. The second-order valence-electron chi connectivity index (χ2n) is 3.11. The topological polar surface area (TPSA) is 65.2 Å². The number of carbonyl (C=O) groups is 1. The molecular weight excluding hydrogens is 192 g/mol. The van der Waals surface area contributed by atoms with Crippen LogP contribution in [0.3, 0.4) is 0 Å². The first kappa shape index (κ1) is 9.45. The second kappa shape index (κ2) is 3.96. The normalized spacial score (nSPS) is 10.1. The van der Waals surface area contributed by atoms with Gasteiger partial charge in [-0.05, 0) is 12.1 Å². The van der Waals surface area contributed by atoms with Crippen molar-refractivity contribution in [3.8, 4) is 5.75 Å². The highest BCUT2D eigenvalue weighted by atomic mass is 16.5. The van der Waals surface area contributed by atoms with E-state index in [1.807, 2.05) is 18.2 Å². The molecule has 15 heavy (non-hydrogen) atoms. The lowest BCUT2D eigenvalue weighted by atomic mass is 10.1. The average Bonchev–Trinajstić information content (AvgIpc) is 2.26. The number of amides is 1. The van der Waals surface area contributed by atoms with Gasteiger partial charge in [0.25, 0.3) is 5.91 Å². The summed E-state index contributed by atoms with van der Waals surface area (Å²) >= 11 is 0. The van der Waals surface area contributed by atoms with Crippen molar-refractivity contribution in [2.75, 3.05) is 6.61 Å². The molecule has 0 aliphatic heterocycles. The quantitative estimate of drug-likeness (QED) is 0.810. The molecule has 0 bridgehead atoms. The van der Waals surface area contributed by atoms with Crippen LogP contribution in [0.2, 0.25) is 0 Å². The van der Waals surface area contributed by atoms with Gasteiger partial charge in [0.2, 0.25) is 0 Å². The molecule has 0 aliphatic rings. The zero-order valence-electron chi connectivity index (χ0n) is 8.01. The Morgan fingerprint density at radius 3 is 3.07 bits per heavy atom. The first-order valence-electron chi connectivity index (χ1n) is 4.51. The van der Waals surface area contributed by atoms with Crippen molar-refractivity contribution in [1.82, 2.24) is 4.98 Å². The number of fused-ring (bicyclic) bond motifs is 1. The van der Waals surface area contributed by atoms with E-state index >= 15 is 0 Å². The van der Waals surface area contributed by atoms with E-state index < -0.39 is 5.91 Å². The van der Waals surface area contributed by atoms with Gasteiger partial charge in [0.1, 0.15) is 5.75 Å². The van der Waals surface area contributed by atoms with Crippen molar-refractivity contribution in [2.24, 2.45) is 5.73 Å². The molecule has 0 spiro atoms. The van der Waals surface area contributed by atoms with Gasteiger partial charge >= 0.3 is 0 Å². The molecule has 4 nitrogen and oxygen atoms in total. The first-order chi connectivity index (χ1) is 7.27. The van der Waals surface area contributed by atoms with Gasteiger partial charge in [-0.15, -0.1) is 0 Å². The van der Waals surface area contributed by atoms with Crippen molar-refractivity contribution < 1.29 is 9.53 Å². The summed E-state index contributed by atoms with van der Waals surface area (Å²) in [5.74, 6) is 0.162. The summed E-state index contributed by atoms with van der Waals surface area (Å²) in [6, 6.07) is 7.41.